The molecule has 70 valence electrons. The van der Waals surface area contributed by atoms with E-state index in [1.54, 1.807) is 0 Å². The lowest BCUT2D eigenvalue weighted by Crippen LogP contribution is -2.04. The van der Waals surface area contributed by atoms with E-state index >= 15 is 0 Å². The molecule has 1 aliphatic carbocycles. The van der Waals surface area contributed by atoms with Crippen LogP contribution in [0.15, 0.2) is 12.3 Å². The van der Waals surface area contributed by atoms with Crippen LogP contribution in [0.5, 0.6) is 0 Å². The first-order valence-corrected chi connectivity index (χ1v) is 5.09. The average molecular weight is 197 g/mol. The van der Waals surface area contributed by atoms with Gasteiger partial charge in [-0.25, -0.2) is 4.98 Å². The summed E-state index contributed by atoms with van der Waals surface area (Å²) in [4.78, 5) is 4.22. The van der Waals surface area contributed by atoms with Crippen LogP contribution in [0.3, 0.4) is 0 Å². The first-order chi connectivity index (χ1) is 6.31. The van der Waals surface area contributed by atoms with Crippen molar-refractivity contribution in [2.24, 2.45) is 0 Å². The smallest absolute Gasteiger partial charge is 0.145 e. The number of nitrogens with zero attached hydrogens (tertiary/aromatic N) is 1. The van der Waals surface area contributed by atoms with Gasteiger partial charge < -0.3 is 5.32 Å². The van der Waals surface area contributed by atoms with Crippen molar-refractivity contribution in [3.8, 4) is 0 Å². The maximum absolute atomic E-state index is 6.16. The molecule has 0 atom stereocenters. The summed E-state index contributed by atoms with van der Waals surface area (Å²) in [6.45, 7) is 2.10. The van der Waals surface area contributed by atoms with Gasteiger partial charge in [0.05, 0.1) is 5.02 Å². The van der Waals surface area contributed by atoms with Gasteiger partial charge in [-0.1, -0.05) is 18.5 Å². The highest BCUT2D eigenvalue weighted by Crippen LogP contribution is 2.29. The maximum atomic E-state index is 6.16. The van der Waals surface area contributed by atoms with Crippen LogP contribution in [0.2, 0.25) is 5.02 Å². The van der Waals surface area contributed by atoms with E-state index in [2.05, 4.69) is 17.2 Å². The van der Waals surface area contributed by atoms with Gasteiger partial charge in [-0.2, -0.15) is 0 Å². The van der Waals surface area contributed by atoms with Crippen molar-refractivity contribution in [3.63, 3.8) is 0 Å². The van der Waals surface area contributed by atoms with Crippen LogP contribution in [0, 0.1) is 0 Å². The molecule has 3 heteroatoms. The summed E-state index contributed by atoms with van der Waals surface area (Å²) in [6, 6.07) is 2.58. The number of anilines is 1. The van der Waals surface area contributed by atoms with Crippen LogP contribution in [0.4, 0.5) is 5.82 Å². The predicted octanol–water partition coefficient (Wildman–Crippen LogP) is 2.87. The third-order valence-corrected chi connectivity index (χ3v) is 2.69. The van der Waals surface area contributed by atoms with Gasteiger partial charge in [-0.05, 0) is 30.9 Å². The molecule has 0 aliphatic heterocycles. The van der Waals surface area contributed by atoms with E-state index in [-0.39, 0.29) is 0 Å². The van der Waals surface area contributed by atoms with E-state index in [0.29, 0.717) is 6.04 Å². The second-order valence-corrected chi connectivity index (χ2v) is 3.78. The Kier molecular flexibility index (Phi) is 2.40. The summed E-state index contributed by atoms with van der Waals surface area (Å²) < 4.78 is 0. The summed E-state index contributed by atoms with van der Waals surface area (Å²) in [5, 5.41) is 4.10. The van der Waals surface area contributed by atoms with Gasteiger partial charge in [-0.3, -0.25) is 0 Å². The normalized spacial score (nSPS) is 15.8. The van der Waals surface area contributed by atoms with Crippen LogP contribution < -0.4 is 5.32 Å². The van der Waals surface area contributed by atoms with Crippen LogP contribution >= 0.6 is 11.6 Å². The fourth-order valence-corrected chi connectivity index (χ4v) is 1.58. The molecule has 1 aromatic rings. The summed E-state index contributed by atoms with van der Waals surface area (Å²) in [5.74, 6) is 0.850. The molecule has 1 aromatic heterocycles. The van der Waals surface area contributed by atoms with E-state index < -0.39 is 0 Å². The average Bonchev–Trinajstić information content (AvgIpc) is 2.92. The third kappa shape index (κ3) is 1.94. The molecular formula is C10H13ClN2. The number of hydrogen-bond donors (Lipinski definition) is 1. The number of rotatable bonds is 3. The highest BCUT2D eigenvalue weighted by molar-refractivity contribution is 6.33. The molecule has 1 aliphatic rings. The first kappa shape index (κ1) is 8.82. The zero-order valence-electron chi connectivity index (χ0n) is 7.68. The lowest BCUT2D eigenvalue weighted by atomic mass is 10.2. The van der Waals surface area contributed by atoms with E-state index in [9.17, 15) is 0 Å². The highest BCUT2D eigenvalue weighted by Gasteiger charge is 2.22. The van der Waals surface area contributed by atoms with Crippen molar-refractivity contribution in [2.45, 2.75) is 32.2 Å². The van der Waals surface area contributed by atoms with Gasteiger partial charge in [0.15, 0.2) is 0 Å². The second kappa shape index (κ2) is 3.54. The lowest BCUT2D eigenvalue weighted by Gasteiger charge is -2.08. The van der Waals surface area contributed by atoms with Gasteiger partial charge in [0.25, 0.3) is 0 Å². The largest absolute Gasteiger partial charge is 0.366 e. The fourth-order valence-electron chi connectivity index (χ4n) is 1.28. The molecule has 13 heavy (non-hydrogen) atoms. The van der Waals surface area contributed by atoms with Crippen molar-refractivity contribution in [2.75, 3.05) is 5.32 Å². The molecule has 0 saturated heterocycles. The van der Waals surface area contributed by atoms with Crippen molar-refractivity contribution in [3.05, 3.63) is 22.8 Å². The monoisotopic (exact) mass is 196 g/mol. The molecule has 1 N–H and O–H groups in total. The van der Waals surface area contributed by atoms with Gasteiger partial charge in [0, 0.05) is 12.2 Å². The standard InChI is InChI=1S/C10H13ClN2/c1-2-7-5-6-12-10(9(7)11)13-8-3-4-8/h5-6,8H,2-4H2,1H3,(H,12,13). The second-order valence-electron chi connectivity index (χ2n) is 3.40. The molecule has 0 aromatic carbocycles. The predicted molar refractivity (Wildman–Crippen MR) is 55.3 cm³/mol. The minimum Gasteiger partial charge on any atom is -0.366 e. The molecule has 2 rings (SSSR count). The van der Waals surface area contributed by atoms with E-state index in [1.807, 2.05) is 12.3 Å². The molecule has 0 radical (unpaired) electrons. The Balaban J connectivity index is 2.22. The Morgan fingerprint density at radius 1 is 1.62 bits per heavy atom. The van der Waals surface area contributed by atoms with Crippen LogP contribution in [0.25, 0.3) is 0 Å². The SMILES string of the molecule is CCc1ccnc(NC2CC2)c1Cl. The number of nitrogens with one attached hydrogen (secondary N) is 1. The number of aromatic nitrogens is 1. The lowest BCUT2D eigenvalue weighted by molar-refractivity contribution is 1.08. The minimum absolute atomic E-state index is 0.608. The quantitative estimate of drug-likeness (QED) is 0.804. The highest BCUT2D eigenvalue weighted by atomic mass is 35.5. The Morgan fingerprint density at radius 3 is 3.00 bits per heavy atom. The summed E-state index contributed by atoms with van der Waals surface area (Å²) in [7, 11) is 0. The topological polar surface area (TPSA) is 24.9 Å². The summed E-state index contributed by atoms with van der Waals surface area (Å²) in [6.07, 6.45) is 5.26. The Morgan fingerprint density at radius 2 is 2.38 bits per heavy atom. The van der Waals surface area contributed by atoms with E-state index in [1.165, 1.54) is 18.4 Å². The van der Waals surface area contributed by atoms with Gasteiger partial charge >= 0.3 is 0 Å². The Bertz CT molecular complexity index is 308. The van der Waals surface area contributed by atoms with Crippen LogP contribution in [-0.4, -0.2) is 11.0 Å². The zero-order valence-corrected chi connectivity index (χ0v) is 8.43. The molecule has 0 spiro atoms. The molecule has 1 heterocycles. The van der Waals surface area contributed by atoms with Gasteiger partial charge in [0.2, 0.25) is 0 Å². The van der Waals surface area contributed by atoms with E-state index in [4.69, 9.17) is 11.6 Å². The molecule has 1 fully saturated rings. The number of halogens is 1. The third-order valence-electron chi connectivity index (χ3n) is 2.27. The maximum Gasteiger partial charge on any atom is 0.145 e. The summed E-state index contributed by atoms with van der Waals surface area (Å²) in [5.41, 5.74) is 1.17. The first-order valence-electron chi connectivity index (χ1n) is 4.71. The number of aryl methyl sites for hydroxylation is 1. The van der Waals surface area contributed by atoms with Gasteiger partial charge in [0.1, 0.15) is 5.82 Å². The Labute approximate surface area is 83.3 Å². The summed E-state index contributed by atoms with van der Waals surface area (Å²) >= 11 is 6.16. The fraction of sp³-hybridized carbons (Fsp3) is 0.500. The molecular weight excluding hydrogens is 184 g/mol. The number of hydrogen-bond acceptors (Lipinski definition) is 2. The van der Waals surface area contributed by atoms with E-state index in [0.717, 1.165) is 17.3 Å². The van der Waals surface area contributed by atoms with Crippen molar-refractivity contribution in [1.82, 2.24) is 4.98 Å². The molecule has 1 saturated carbocycles. The van der Waals surface area contributed by atoms with Gasteiger partial charge in [-0.15, -0.1) is 0 Å². The molecule has 2 nitrogen and oxygen atoms in total. The Hall–Kier alpha value is -0.760. The molecule has 0 bridgehead atoms. The van der Waals surface area contributed by atoms with Crippen molar-refractivity contribution >= 4 is 17.4 Å². The number of pyridine rings is 1. The minimum atomic E-state index is 0.608. The molecule has 0 amide bonds. The molecule has 0 unspecified atom stereocenters. The zero-order chi connectivity index (χ0) is 9.26. The van der Waals surface area contributed by atoms with Crippen molar-refractivity contribution < 1.29 is 0 Å². The van der Waals surface area contributed by atoms with Crippen LogP contribution in [0.1, 0.15) is 25.3 Å². The van der Waals surface area contributed by atoms with Crippen LogP contribution in [-0.2, 0) is 6.42 Å². The van der Waals surface area contributed by atoms with Crippen molar-refractivity contribution in [1.29, 1.82) is 0 Å².